The van der Waals surface area contributed by atoms with E-state index >= 15 is 0 Å². The summed E-state index contributed by atoms with van der Waals surface area (Å²) in [7, 11) is 0. The quantitative estimate of drug-likeness (QED) is 0.871. The maximum absolute atomic E-state index is 12.5. The lowest BCUT2D eigenvalue weighted by atomic mass is 10.2. The van der Waals surface area contributed by atoms with Crippen molar-refractivity contribution in [3.63, 3.8) is 0 Å². The van der Waals surface area contributed by atoms with E-state index in [4.69, 9.17) is 5.11 Å². The van der Waals surface area contributed by atoms with E-state index in [1.807, 2.05) is 0 Å². The van der Waals surface area contributed by atoms with Crippen LogP contribution in [0.1, 0.15) is 24.2 Å². The molecule has 1 aromatic rings. The molecular formula is C12H15F3N2O3S. The molecule has 1 aromatic heterocycles. The van der Waals surface area contributed by atoms with E-state index in [2.05, 4.69) is 5.32 Å². The van der Waals surface area contributed by atoms with Crippen molar-refractivity contribution in [1.29, 1.82) is 0 Å². The highest BCUT2D eigenvalue weighted by atomic mass is 32.1. The lowest BCUT2D eigenvalue weighted by Gasteiger charge is -2.25. The summed E-state index contributed by atoms with van der Waals surface area (Å²) in [6.07, 6.45) is -4.52. The normalized spacial score (nSPS) is 11.5. The van der Waals surface area contributed by atoms with Crippen molar-refractivity contribution in [3.8, 4) is 0 Å². The number of anilines is 1. The SMILES string of the molecule is CC(C)CN(CC(F)(F)F)C(=O)Nc1sccc1C(=O)O. The van der Waals surface area contributed by atoms with Gasteiger partial charge in [0.1, 0.15) is 11.5 Å². The van der Waals surface area contributed by atoms with Gasteiger partial charge < -0.3 is 10.0 Å². The molecule has 0 saturated carbocycles. The van der Waals surface area contributed by atoms with Crippen LogP contribution in [0.2, 0.25) is 0 Å². The topological polar surface area (TPSA) is 69.6 Å². The predicted molar refractivity (Wildman–Crippen MR) is 72.8 cm³/mol. The third-order valence-corrected chi connectivity index (χ3v) is 3.19. The van der Waals surface area contributed by atoms with Crippen LogP contribution in [-0.4, -0.2) is 41.3 Å². The van der Waals surface area contributed by atoms with E-state index in [9.17, 15) is 22.8 Å². The van der Waals surface area contributed by atoms with Crippen molar-refractivity contribution in [3.05, 3.63) is 17.0 Å². The fourth-order valence-electron chi connectivity index (χ4n) is 1.63. The molecule has 0 saturated heterocycles. The summed E-state index contributed by atoms with van der Waals surface area (Å²) >= 11 is 0.940. The van der Waals surface area contributed by atoms with E-state index < -0.39 is 24.7 Å². The average molecular weight is 324 g/mol. The molecule has 118 valence electrons. The van der Waals surface area contributed by atoms with Gasteiger partial charge in [-0.1, -0.05) is 13.8 Å². The Bertz CT molecular complexity index is 514. The first-order valence-corrected chi connectivity index (χ1v) is 6.91. The van der Waals surface area contributed by atoms with Crippen LogP contribution >= 0.6 is 11.3 Å². The summed E-state index contributed by atoms with van der Waals surface area (Å²) in [6.45, 7) is 1.90. The van der Waals surface area contributed by atoms with Crippen LogP contribution in [0.15, 0.2) is 11.4 Å². The summed E-state index contributed by atoms with van der Waals surface area (Å²) in [5.41, 5.74) is -0.148. The molecule has 0 bridgehead atoms. The summed E-state index contributed by atoms with van der Waals surface area (Å²) in [6, 6.07) is 0.310. The van der Waals surface area contributed by atoms with Gasteiger partial charge >= 0.3 is 18.2 Å². The number of hydrogen-bond acceptors (Lipinski definition) is 3. The van der Waals surface area contributed by atoms with E-state index in [-0.39, 0.29) is 23.0 Å². The minimum atomic E-state index is -4.52. The van der Waals surface area contributed by atoms with E-state index in [1.165, 1.54) is 11.4 Å². The molecule has 0 aromatic carbocycles. The first kappa shape index (κ1) is 17.3. The second-order valence-electron chi connectivity index (χ2n) is 4.79. The van der Waals surface area contributed by atoms with Gasteiger partial charge in [-0.3, -0.25) is 5.32 Å². The van der Waals surface area contributed by atoms with E-state index in [0.717, 1.165) is 11.3 Å². The molecule has 5 nitrogen and oxygen atoms in total. The molecule has 9 heteroatoms. The maximum atomic E-state index is 12.5. The van der Waals surface area contributed by atoms with Crippen LogP contribution < -0.4 is 5.32 Å². The van der Waals surface area contributed by atoms with Crippen molar-refractivity contribution in [2.45, 2.75) is 20.0 Å². The lowest BCUT2D eigenvalue weighted by Crippen LogP contribution is -2.43. The van der Waals surface area contributed by atoms with Crippen LogP contribution in [0, 0.1) is 5.92 Å². The number of thiophene rings is 1. The highest BCUT2D eigenvalue weighted by Gasteiger charge is 2.33. The number of alkyl halides is 3. The van der Waals surface area contributed by atoms with E-state index in [0.29, 0.717) is 4.90 Å². The molecule has 0 fully saturated rings. The predicted octanol–water partition coefficient (Wildman–Crippen LogP) is 3.50. The number of rotatable bonds is 5. The van der Waals surface area contributed by atoms with Gasteiger partial charge in [0.2, 0.25) is 0 Å². The summed E-state index contributed by atoms with van der Waals surface area (Å²) < 4.78 is 37.5. The molecule has 0 aliphatic rings. The number of aromatic carboxylic acids is 1. The Kier molecular flexibility index (Phi) is 5.59. The largest absolute Gasteiger partial charge is 0.478 e. The average Bonchev–Trinajstić information content (AvgIpc) is 2.73. The Labute approximate surface area is 123 Å². The Hall–Kier alpha value is -1.77. The molecular weight excluding hydrogens is 309 g/mol. The van der Waals surface area contributed by atoms with Gasteiger partial charge in [-0.05, 0) is 17.4 Å². The van der Waals surface area contributed by atoms with Gasteiger partial charge in [0.25, 0.3) is 0 Å². The Morgan fingerprint density at radius 3 is 2.52 bits per heavy atom. The number of amides is 2. The fourth-order valence-corrected chi connectivity index (χ4v) is 2.40. The molecule has 0 aliphatic carbocycles. The zero-order chi connectivity index (χ0) is 16.2. The Morgan fingerprint density at radius 1 is 1.43 bits per heavy atom. The monoisotopic (exact) mass is 324 g/mol. The van der Waals surface area contributed by atoms with Crippen LogP contribution in [0.4, 0.5) is 23.0 Å². The standard InChI is InChI=1S/C12H15F3N2O3S/c1-7(2)5-17(6-12(13,14)15)11(20)16-9-8(10(18)19)3-4-21-9/h3-4,7H,5-6H2,1-2H3,(H,16,20)(H,18,19). The van der Waals surface area contributed by atoms with E-state index in [1.54, 1.807) is 13.8 Å². The minimum Gasteiger partial charge on any atom is -0.478 e. The summed E-state index contributed by atoms with van der Waals surface area (Å²) in [4.78, 5) is 23.5. The van der Waals surface area contributed by atoms with Gasteiger partial charge in [0.15, 0.2) is 0 Å². The molecule has 1 rings (SSSR count). The van der Waals surface area contributed by atoms with Crippen molar-refractivity contribution in [1.82, 2.24) is 4.90 Å². The molecule has 1 heterocycles. The lowest BCUT2D eigenvalue weighted by molar-refractivity contribution is -0.140. The third kappa shape index (κ3) is 5.62. The number of halogens is 3. The number of hydrogen-bond donors (Lipinski definition) is 2. The maximum Gasteiger partial charge on any atom is 0.406 e. The first-order valence-electron chi connectivity index (χ1n) is 6.03. The van der Waals surface area contributed by atoms with Gasteiger partial charge in [0.05, 0.1) is 5.56 Å². The number of carboxylic acid groups (broad SMARTS) is 1. The molecule has 21 heavy (non-hydrogen) atoms. The van der Waals surface area contributed by atoms with Crippen molar-refractivity contribution < 1.29 is 27.9 Å². The fraction of sp³-hybridized carbons (Fsp3) is 0.500. The van der Waals surface area contributed by atoms with Gasteiger partial charge in [-0.2, -0.15) is 13.2 Å². The molecule has 2 amide bonds. The molecule has 0 radical (unpaired) electrons. The molecule has 0 spiro atoms. The van der Waals surface area contributed by atoms with Gasteiger partial charge in [-0.25, -0.2) is 9.59 Å². The highest BCUT2D eigenvalue weighted by molar-refractivity contribution is 7.14. The number of nitrogens with zero attached hydrogens (tertiary/aromatic N) is 1. The molecule has 2 N–H and O–H groups in total. The van der Waals surface area contributed by atoms with Crippen LogP contribution in [0.25, 0.3) is 0 Å². The summed E-state index contributed by atoms with van der Waals surface area (Å²) in [5.74, 6) is -1.40. The molecule has 0 unspecified atom stereocenters. The number of nitrogens with one attached hydrogen (secondary N) is 1. The number of carbonyl (C=O) groups is 2. The second kappa shape index (κ2) is 6.79. The molecule has 0 aliphatic heterocycles. The van der Waals surface area contributed by atoms with Crippen molar-refractivity contribution in [2.24, 2.45) is 5.92 Å². The number of carbonyl (C=O) groups excluding carboxylic acids is 1. The zero-order valence-corrected chi connectivity index (χ0v) is 12.2. The molecule has 0 atom stereocenters. The zero-order valence-electron chi connectivity index (χ0n) is 11.4. The van der Waals surface area contributed by atoms with Crippen LogP contribution in [-0.2, 0) is 0 Å². The van der Waals surface area contributed by atoms with Crippen LogP contribution in [0.3, 0.4) is 0 Å². The van der Waals surface area contributed by atoms with Crippen LogP contribution in [0.5, 0.6) is 0 Å². The van der Waals surface area contributed by atoms with Crippen molar-refractivity contribution in [2.75, 3.05) is 18.4 Å². The number of urea groups is 1. The van der Waals surface area contributed by atoms with Gasteiger partial charge in [0, 0.05) is 6.54 Å². The summed E-state index contributed by atoms with van der Waals surface area (Å²) in [5, 5.41) is 12.6. The number of carboxylic acids is 1. The Balaban J connectivity index is 2.85. The smallest absolute Gasteiger partial charge is 0.406 e. The first-order chi connectivity index (χ1) is 9.60. The Morgan fingerprint density at radius 2 is 2.05 bits per heavy atom. The highest BCUT2D eigenvalue weighted by Crippen LogP contribution is 2.24. The van der Waals surface area contributed by atoms with Crippen molar-refractivity contribution >= 4 is 28.3 Å². The minimum absolute atomic E-state index is 0.0171. The van der Waals surface area contributed by atoms with Gasteiger partial charge in [-0.15, -0.1) is 11.3 Å². The third-order valence-electron chi connectivity index (χ3n) is 2.36. The second-order valence-corrected chi connectivity index (χ2v) is 5.70.